The number of halogens is 2. The zero-order valence-electron chi connectivity index (χ0n) is 9.92. The number of aromatic nitrogens is 2. The van der Waals surface area contributed by atoms with E-state index in [-0.39, 0.29) is 5.52 Å². The van der Waals surface area contributed by atoms with Crippen molar-refractivity contribution in [1.29, 1.82) is 0 Å². The Kier molecular flexibility index (Phi) is 2.05. The van der Waals surface area contributed by atoms with E-state index < -0.39 is 11.6 Å². The molecule has 2 fully saturated rings. The summed E-state index contributed by atoms with van der Waals surface area (Å²) in [7, 11) is 0. The lowest BCUT2D eigenvalue weighted by Crippen LogP contribution is -1.91. The predicted octanol–water partition coefficient (Wildman–Crippen LogP) is 3.74. The van der Waals surface area contributed by atoms with Gasteiger partial charge >= 0.3 is 0 Å². The second-order valence-corrected chi connectivity index (χ2v) is 5.52. The van der Waals surface area contributed by atoms with Crippen molar-refractivity contribution in [1.82, 2.24) is 9.97 Å². The van der Waals surface area contributed by atoms with Gasteiger partial charge in [0.15, 0.2) is 11.6 Å². The highest BCUT2D eigenvalue weighted by atomic mass is 19.2. The van der Waals surface area contributed by atoms with E-state index in [0.717, 1.165) is 11.9 Å². The molecule has 2 aromatic rings. The van der Waals surface area contributed by atoms with Crippen molar-refractivity contribution >= 4 is 11.0 Å². The van der Waals surface area contributed by atoms with Crippen LogP contribution in [0.15, 0.2) is 12.1 Å². The van der Waals surface area contributed by atoms with Crippen LogP contribution in [0.1, 0.15) is 37.4 Å². The predicted molar refractivity (Wildman–Crippen MR) is 64.2 cm³/mol. The zero-order chi connectivity index (χ0) is 12.3. The zero-order valence-corrected chi connectivity index (χ0v) is 9.92. The Hall–Kier alpha value is -1.45. The highest BCUT2D eigenvalue weighted by molar-refractivity contribution is 5.76. The first-order valence-corrected chi connectivity index (χ1v) is 6.59. The van der Waals surface area contributed by atoms with Gasteiger partial charge in [-0.1, -0.05) is 12.8 Å². The molecule has 2 unspecified atom stereocenters. The normalized spacial score (nSPS) is 30.4. The molecule has 2 atom stereocenters. The van der Waals surface area contributed by atoms with E-state index in [0.29, 0.717) is 23.3 Å². The number of hydrogen-bond donors (Lipinski definition) is 1. The number of H-pyrrole nitrogens is 1. The van der Waals surface area contributed by atoms with Gasteiger partial charge in [0, 0.05) is 5.92 Å². The topological polar surface area (TPSA) is 28.7 Å². The van der Waals surface area contributed by atoms with Crippen LogP contribution in [0.2, 0.25) is 0 Å². The molecule has 1 N–H and O–H groups in total. The quantitative estimate of drug-likeness (QED) is 0.818. The number of nitrogens with one attached hydrogen (secondary N) is 1. The molecule has 2 aliphatic carbocycles. The lowest BCUT2D eigenvalue weighted by atomic mass is 10.0. The first kappa shape index (κ1) is 10.5. The van der Waals surface area contributed by atoms with Crippen molar-refractivity contribution in [2.24, 2.45) is 11.8 Å². The van der Waals surface area contributed by atoms with E-state index in [1.165, 1.54) is 25.7 Å². The average Bonchev–Trinajstić information content (AvgIpc) is 2.96. The minimum atomic E-state index is -0.835. The third-order valence-corrected chi connectivity index (χ3v) is 4.54. The third-order valence-electron chi connectivity index (χ3n) is 4.54. The summed E-state index contributed by atoms with van der Waals surface area (Å²) in [5.74, 6) is 1.07. The fourth-order valence-electron chi connectivity index (χ4n) is 3.59. The molecule has 0 saturated heterocycles. The Bertz CT molecular complexity index is 608. The summed E-state index contributed by atoms with van der Waals surface area (Å²) in [6, 6.07) is 2.72. The molecule has 1 aromatic carbocycles. The second kappa shape index (κ2) is 3.53. The highest BCUT2D eigenvalue weighted by Gasteiger charge is 2.52. The average molecular weight is 248 g/mol. The van der Waals surface area contributed by atoms with Crippen LogP contribution in [0.5, 0.6) is 0 Å². The summed E-state index contributed by atoms with van der Waals surface area (Å²) >= 11 is 0. The van der Waals surface area contributed by atoms with E-state index in [2.05, 4.69) is 9.97 Å². The van der Waals surface area contributed by atoms with Gasteiger partial charge in [-0.15, -0.1) is 0 Å². The summed E-state index contributed by atoms with van der Waals surface area (Å²) in [5.41, 5.74) is 0.751. The molecule has 0 spiro atoms. The molecule has 0 bridgehead atoms. The Morgan fingerprint density at radius 1 is 1.11 bits per heavy atom. The summed E-state index contributed by atoms with van der Waals surface area (Å²) in [6.07, 6.45) is 5.09. The maximum absolute atomic E-state index is 13.6. The van der Waals surface area contributed by atoms with E-state index in [9.17, 15) is 8.78 Å². The van der Waals surface area contributed by atoms with Crippen LogP contribution in [-0.4, -0.2) is 9.97 Å². The molecule has 2 aliphatic rings. The van der Waals surface area contributed by atoms with Gasteiger partial charge in [0.2, 0.25) is 0 Å². The number of aromatic amines is 1. The van der Waals surface area contributed by atoms with Crippen molar-refractivity contribution in [3.8, 4) is 0 Å². The maximum atomic E-state index is 13.6. The molecule has 0 amide bonds. The minimum Gasteiger partial charge on any atom is -0.342 e. The lowest BCUT2D eigenvalue weighted by Gasteiger charge is -2.04. The number of benzene rings is 1. The first-order valence-electron chi connectivity index (χ1n) is 6.59. The summed E-state index contributed by atoms with van der Waals surface area (Å²) in [6.45, 7) is 0. The summed E-state index contributed by atoms with van der Waals surface area (Å²) in [4.78, 5) is 7.45. The van der Waals surface area contributed by atoms with Gasteiger partial charge in [-0.25, -0.2) is 13.8 Å². The Labute approximate surface area is 103 Å². The molecule has 94 valence electrons. The molecule has 2 saturated carbocycles. The van der Waals surface area contributed by atoms with Gasteiger partial charge in [0.25, 0.3) is 0 Å². The molecule has 0 radical (unpaired) electrons. The van der Waals surface area contributed by atoms with Gasteiger partial charge in [-0.3, -0.25) is 0 Å². The molecule has 1 aromatic heterocycles. The molecule has 2 nitrogen and oxygen atoms in total. The Balaban J connectivity index is 1.76. The van der Waals surface area contributed by atoms with Crippen LogP contribution in [0, 0.1) is 23.5 Å². The number of nitrogens with zero attached hydrogens (tertiary/aromatic N) is 1. The second-order valence-electron chi connectivity index (χ2n) is 5.52. The summed E-state index contributed by atoms with van der Waals surface area (Å²) < 4.78 is 26.7. The maximum Gasteiger partial charge on any atom is 0.186 e. The van der Waals surface area contributed by atoms with Crippen LogP contribution in [0.3, 0.4) is 0 Å². The van der Waals surface area contributed by atoms with Gasteiger partial charge < -0.3 is 4.98 Å². The van der Waals surface area contributed by atoms with E-state index in [4.69, 9.17) is 0 Å². The van der Waals surface area contributed by atoms with Crippen molar-refractivity contribution in [3.05, 3.63) is 29.6 Å². The molecular weight excluding hydrogens is 234 g/mol. The molecule has 4 rings (SSSR count). The Morgan fingerprint density at radius 3 is 2.56 bits per heavy atom. The smallest absolute Gasteiger partial charge is 0.186 e. The van der Waals surface area contributed by atoms with E-state index in [1.54, 1.807) is 6.07 Å². The van der Waals surface area contributed by atoms with Gasteiger partial charge in [0.1, 0.15) is 11.3 Å². The molecule has 18 heavy (non-hydrogen) atoms. The van der Waals surface area contributed by atoms with Crippen LogP contribution in [-0.2, 0) is 0 Å². The van der Waals surface area contributed by atoms with Gasteiger partial charge in [-0.2, -0.15) is 0 Å². The molecule has 4 heteroatoms. The fourth-order valence-corrected chi connectivity index (χ4v) is 3.59. The van der Waals surface area contributed by atoms with Crippen LogP contribution < -0.4 is 0 Å². The van der Waals surface area contributed by atoms with Gasteiger partial charge in [0.05, 0.1) is 5.52 Å². The van der Waals surface area contributed by atoms with Crippen LogP contribution in [0.4, 0.5) is 8.78 Å². The van der Waals surface area contributed by atoms with Crippen molar-refractivity contribution in [2.45, 2.75) is 31.6 Å². The van der Waals surface area contributed by atoms with Crippen LogP contribution >= 0.6 is 0 Å². The number of imidazole rings is 1. The fraction of sp³-hybridized carbons (Fsp3) is 0.500. The third kappa shape index (κ3) is 1.35. The monoisotopic (exact) mass is 248 g/mol. The van der Waals surface area contributed by atoms with Crippen LogP contribution in [0.25, 0.3) is 11.0 Å². The summed E-state index contributed by atoms with van der Waals surface area (Å²) in [5, 5.41) is 0. The van der Waals surface area contributed by atoms with Crippen molar-refractivity contribution in [2.75, 3.05) is 0 Å². The molecule has 1 heterocycles. The van der Waals surface area contributed by atoms with Crippen molar-refractivity contribution < 1.29 is 8.78 Å². The molecular formula is C14H14F2N2. The largest absolute Gasteiger partial charge is 0.342 e. The van der Waals surface area contributed by atoms with Crippen molar-refractivity contribution in [3.63, 3.8) is 0 Å². The SMILES string of the molecule is Fc1ccc2[nH]c(C3C4CCCCC43)nc2c1F. The van der Waals surface area contributed by atoms with Gasteiger partial charge in [-0.05, 0) is 36.8 Å². The van der Waals surface area contributed by atoms with E-state index >= 15 is 0 Å². The first-order chi connectivity index (χ1) is 8.75. The molecule has 0 aliphatic heterocycles. The van der Waals surface area contributed by atoms with E-state index in [1.807, 2.05) is 0 Å². The number of rotatable bonds is 1. The lowest BCUT2D eigenvalue weighted by molar-refractivity contribution is 0.480. The number of hydrogen-bond acceptors (Lipinski definition) is 1. The highest BCUT2D eigenvalue weighted by Crippen LogP contribution is 2.60. The Morgan fingerprint density at radius 2 is 1.83 bits per heavy atom. The standard InChI is InChI=1S/C14H14F2N2/c15-9-5-6-10-13(12(9)16)18-14(17-10)11-7-3-1-2-4-8(7)11/h5-8,11H,1-4H2,(H,17,18). The minimum absolute atomic E-state index is 0.147. The number of fused-ring (bicyclic) bond motifs is 2.